The number of nitrogens with two attached hydrogens (primary N) is 6. The van der Waals surface area contributed by atoms with E-state index >= 15 is 0 Å². The number of unbranched alkanes of at least 4 members (excludes halogenated alkanes) is 2. The summed E-state index contributed by atoms with van der Waals surface area (Å²) in [4.78, 5) is 9.52. The smallest absolute Gasteiger partial charge is 0.0110 e. The Hall–Kier alpha value is -0.440. The van der Waals surface area contributed by atoms with Crippen LogP contribution in [0.2, 0.25) is 0 Å². The largest absolute Gasteiger partial charge is 0.330 e. The molecule has 0 aromatic heterocycles. The fourth-order valence-corrected chi connectivity index (χ4v) is 4.08. The lowest BCUT2D eigenvalue weighted by Gasteiger charge is -2.34. The average molecular weight is 490 g/mol. The van der Waals surface area contributed by atoms with Crippen LogP contribution in [0.3, 0.4) is 0 Å². The molecule has 34 heavy (non-hydrogen) atoms. The number of nitrogens with one attached hydrogen (secondary N) is 1. The van der Waals surface area contributed by atoms with Crippen LogP contribution in [0.1, 0.15) is 19.3 Å². The molecular formula is C23H59N11. The third kappa shape index (κ3) is 19.8. The minimum atomic E-state index is 0.681. The summed E-state index contributed by atoms with van der Waals surface area (Å²) in [5, 5.41) is 3.35. The van der Waals surface area contributed by atoms with Crippen LogP contribution in [0.4, 0.5) is 0 Å². The van der Waals surface area contributed by atoms with Gasteiger partial charge in [0.15, 0.2) is 0 Å². The third-order valence-electron chi connectivity index (χ3n) is 6.08. The Balaban J connectivity index is 0.000000484. The topological polar surface area (TPSA) is 181 Å². The SMILES string of the molecule is NCCCCCN1CCNCC1.NCCN(CCN)CCN.NCCN1CCN(CCN)CC1. The first-order valence-corrected chi connectivity index (χ1v) is 13.5. The lowest BCUT2D eigenvalue weighted by molar-refractivity contribution is 0.138. The summed E-state index contributed by atoms with van der Waals surface area (Å²) in [6.45, 7) is 19.9. The highest BCUT2D eigenvalue weighted by Gasteiger charge is 2.14. The van der Waals surface area contributed by atoms with Crippen molar-refractivity contribution in [3.63, 3.8) is 0 Å². The van der Waals surface area contributed by atoms with Crippen molar-refractivity contribution in [1.29, 1.82) is 0 Å². The monoisotopic (exact) mass is 489 g/mol. The van der Waals surface area contributed by atoms with Gasteiger partial charge >= 0.3 is 0 Å². The van der Waals surface area contributed by atoms with E-state index in [-0.39, 0.29) is 0 Å². The van der Waals surface area contributed by atoms with Crippen LogP contribution in [0, 0.1) is 0 Å². The molecule has 11 nitrogen and oxygen atoms in total. The van der Waals surface area contributed by atoms with E-state index in [1.54, 1.807) is 0 Å². The molecule has 0 aromatic carbocycles. The van der Waals surface area contributed by atoms with E-state index in [2.05, 4.69) is 24.9 Å². The number of rotatable bonds is 15. The highest BCUT2D eigenvalue weighted by molar-refractivity contribution is 4.72. The molecule has 2 fully saturated rings. The molecule has 13 N–H and O–H groups in total. The maximum Gasteiger partial charge on any atom is 0.0110 e. The number of hydrogen-bond acceptors (Lipinski definition) is 11. The summed E-state index contributed by atoms with van der Waals surface area (Å²) < 4.78 is 0. The van der Waals surface area contributed by atoms with Gasteiger partial charge in [-0.2, -0.15) is 0 Å². The molecule has 0 bridgehead atoms. The summed E-state index contributed by atoms with van der Waals surface area (Å²) in [6, 6.07) is 0. The van der Waals surface area contributed by atoms with Gasteiger partial charge in [-0.3, -0.25) is 14.7 Å². The zero-order chi connectivity index (χ0) is 25.3. The second-order valence-electron chi connectivity index (χ2n) is 8.91. The maximum atomic E-state index is 5.48. The first-order chi connectivity index (χ1) is 16.6. The van der Waals surface area contributed by atoms with Crippen molar-refractivity contribution >= 4 is 0 Å². The summed E-state index contributed by atoms with van der Waals surface area (Å²) in [7, 11) is 0. The Bertz CT molecular complexity index is 355. The number of piperazine rings is 2. The molecule has 0 radical (unpaired) electrons. The Morgan fingerprint density at radius 3 is 1.29 bits per heavy atom. The van der Waals surface area contributed by atoms with Crippen molar-refractivity contribution in [1.82, 2.24) is 24.9 Å². The molecule has 2 saturated heterocycles. The molecule has 0 amide bonds. The first kappa shape index (κ1) is 33.6. The predicted molar refractivity (Wildman–Crippen MR) is 147 cm³/mol. The summed E-state index contributed by atoms with van der Waals surface area (Å²) >= 11 is 0. The van der Waals surface area contributed by atoms with Crippen LogP contribution in [0.15, 0.2) is 0 Å². The number of nitrogens with zero attached hydrogens (tertiary/aromatic N) is 4. The average Bonchev–Trinajstić information content (AvgIpc) is 2.86. The fourth-order valence-electron chi connectivity index (χ4n) is 4.08. The lowest BCUT2D eigenvalue weighted by Crippen LogP contribution is -2.48. The van der Waals surface area contributed by atoms with E-state index in [0.717, 1.165) is 91.6 Å². The second kappa shape index (κ2) is 25.6. The molecule has 0 atom stereocenters. The molecule has 0 spiro atoms. The summed E-state index contributed by atoms with van der Waals surface area (Å²) in [5.41, 5.74) is 32.5. The highest BCUT2D eigenvalue weighted by atomic mass is 15.3. The molecular weight excluding hydrogens is 430 g/mol. The standard InChI is InChI=1S/C9H21N3.C8H20N4.C6H18N4/c10-4-2-1-3-7-12-8-5-11-6-9-12;9-1-3-11-5-7-12(4-2-10)8-6-11;7-1-4-10(5-2-8)6-3-9/h11H,1-10H2;1-10H2;1-9H2. The Morgan fingerprint density at radius 1 is 0.471 bits per heavy atom. The van der Waals surface area contributed by atoms with E-state index in [1.807, 2.05) is 0 Å². The van der Waals surface area contributed by atoms with Crippen molar-refractivity contribution in [2.24, 2.45) is 34.4 Å². The fraction of sp³-hybridized carbons (Fsp3) is 1.00. The zero-order valence-corrected chi connectivity index (χ0v) is 22.0. The Morgan fingerprint density at radius 2 is 0.912 bits per heavy atom. The minimum Gasteiger partial charge on any atom is -0.330 e. The molecule has 206 valence electrons. The van der Waals surface area contributed by atoms with E-state index in [4.69, 9.17) is 34.4 Å². The molecule has 2 heterocycles. The lowest BCUT2D eigenvalue weighted by atomic mass is 10.2. The molecule has 11 heteroatoms. The number of hydrogen-bond donors (Lipinski definition) is 7. The van der Waals surface area contributed by atoms with Crippen molar-refractivity contribution in [3.05, 3.63) is 0 Å². The molecule has 0 saturated carbocycles. The molecule has 0 aromatic rings. The molecule has 0 unspecified atom stereocenters. The highest BCUT2D eigenvalue weighted by Crippen LogP contribution is 2.00. The van der Waals surface area contributed by atoms with Crippen molar-refractivity contribution in [3.8, 4) is 0 Å². The van der Waals surface area contributed by atoms with Gasteiger partial charge in [-0.25, -0.2) is 0 Å². The van der Waals surface area contributed by atoms with Gasteiger partial charge < -0.3 is 44.6 Å². The maximum absolute atomic E-state index is 5.48. The van der Waals surface area contributed by atoms with Crippen molar-refractivity contribution < 1.29 is 0 Å². The van der Waals surface area contributed by atoms with Gasteiger partial charge in [0.2, 0.25) is 0 Å². The van der Waals surface area contributed by atoms with Gasteiger partial charge in [-0.15, -0.1) is 0 Å². The minimum absolute atomic E-state index is 0.681. The van der Waals surface area contributed by atoms with Crippen LogP contribution >= 0.6 is 0 Å². The molecule has 2 rings (SSSR count). The van der Waals surface area contributed by atoms with Gasteiger partial charge in [-0.05, 0) is 25.9 Å². The van der Waals surface area contributed by atoms with Gasteiger partial charge in [0.25, 0.3) is 0 Å². The van der Waals surface area contributed by atoms with Crippen LogP contribution in [-0.4, -0.2) is 150 Å². The zero-order valence-electron chi connectivity index (χ0n) is 22.0. The second-order valence-corrected chi connectivity index (χ2v) is 8.91. The van der Waals surface area contributed by atoms with Crippen LogP contribution in [0.5, 0.6) is 0 Å². The van der Waals surface area contributed by atoms with Crippen molar-refractivity contribution in [2.75, 3.05) is 131 Å². The van der Waals surface area contributed by atoms with Crippen molar-refractivity contribution in [2.45, 2.75) is 19.3 Å². The van der Waals surface area contributed by atoms with Crippen LogP contribution in [-0.2, 0) is 0 Å². The van der Waals surface area contributed by atoms with Crippen LogP contribution < -0.4 is 39.7 Å². The molecule has 2 aliphatic rings. The summed E-state index contributed by atoms with van der Waals surface area (Å²) in [6.07, 6.45) is 3.80. The van der Waals surface area contributed by atoms with E-state index in [0.29, 0.717) is 19.6 Å². The quantitative estimate of drug-likeness (QED) is 0.114. The predicted octanol–water partition coefficient (Wildman–Crippen LogP) is -3.29. The van der Waals surface area contributed by atoms with Gasteiger partial charge in [0.1, 0.15) is 0 Å². The van der Waals surface area contributed by atoms with E-state index in [9.17, 15) is 0 Å². The summed E-state index contributed by atoms with van der Waals surface area (Å²) in [5.74, 6) is 0. The van der Waals surface area contributed by atoms with Gasteiger partial charge in [0.05, 0.1) is 0 Å². The van der Waals surface area contributed by atoms with Gasteiger partial charge in [0, 0.05) is 118 Å². The third-order valence-corrected chi connectivity index (χ3v) is 6.08. The molecule has 2 aliphatic heterocycles. The van der Waals surface area contributed by atoms with E-state index < -0.39 is 0 Å². The first-order valence-electron chi connectivity index (χ1n) is 13.5. The van der Waals surface area contributed by atoms with E-state index in [1.165, 1.54) is 38.9 Å². The van der Waals surface area contributed by atoms with Crippen LogP contribution in [0.25, 0.3) is 0 Å². The molecule has 0 aliphatic carbocycles. The van der Waals surface area contributed by atoms with Gasteiger partial charge in [-0.1, -0.05) is 6.42 Å². The normalized spacial score (nSPS) is 17.7. The Kier molecular flexibility index (Phi) is 25.3. The Labute approximate surface area is 209 Å².